The van der Waals surface area contributed by atoms with Gasteiger partial charge in [-0.3, -0.25) is 4.79 Å². The Hall–Kier alpha value is -1.60. The highest BCUT2D eigenvalue weighted by molar-refractivity contribution is 8.01. The average molecular weight is 443 g/mol. The summed E-state index contributed by atoms with van der Waals surface area (Å²) in [6.45, 7) is 2.97. The SMILES string of the molecule is CC(NC(=O)CSc1nnc(NCc2ccccc2)s1)C12CC3CC(CC(C3)C1)C2. The number of rotatable bonds is 8. The summed E-state index contributed by atoms with van der Waals surface area (Å²) in [7, 11) is 0. The second-order valence-corrected chi connectivity index (χ2v) is 11.8. The minimum atomic E-state index is 0.122. The molecule has 30 heavy (non-hydrogen) atoms. The van der Waals surface area contributed by atoms with Crippen molar-refractivity contribution in [2.24, 2.45) is 23.2 Å². The third kappa shape index (κ3) is 4.37. The van der Waals surface area contributed by atoms with Crippen LogP contribution in [0.2, 0.25) is 0 Å². The van der Waals surface area contributed by atoms with Gasteiger partial charge in [0, 0.05) is 12.6 Å². The fourth-order valence-corrected chi connectivity index (χ4v) is 7.94. The third-order valence-electron chi connectivity index (χ3n) is 7.40. The smallest absolute Gasteiger partial charge is 0.230 e. The maximum atomic E-state index is 12.6. The first kappa shape index (κ1) is 20.3. The maximum absolute atomic E-state index is 12.6. The molecule has 1 aromatic heterocycles. The minimum absolute atomic E-state index is 0.122. The molecule has 4 aliphatic carbocycles. The van der Waals surface area contributed by atoms with Crippen LogP contribution in [-0.4, -0.2) is 27.9 Å². The van der Waals surface area contributed by atoms with Gasteiger partial charge >= 0.3 is 0 Å². The van der Waals surface area contributed by atoms with Crippen molar-refractivity contribution in [1.82, 2.24) is 15.5 Å². The molecule has 2 aromatic rings. The van der Waals surface area contributed by atoms with E-state index in [1.165, 1.54) is 67.2 Å². The summed E-state index contributed by atoms with van der Waals surface area (Å²) in [6, 6.07) is 10.5. The summed E-state index contributed by atoms with van der Waals surface area (Å²) in [5, 5.41) is 15.9. The highest BCUT2D eigenvalue weighted by atomic mass is 32.2. The molecule has 4 fully saturated rings. The summed E-state index contributed by atoms with van der Waals surface area (Å²) in [5.41, 5.74) is 1.56. The Bertz CT molecular complexity index is 849. The van der Waals surface area contributed by atoms with Gasteiger partial charge in [0.2, 0.25) is 11.0 Å². The number of carbonyl (C=O) groups excluding carboxylic acids is 1. The number of carbonyl (C=O) groups is 1. The van der Waals surface area contributed by atoms with Gasteiger partial charge < -0.3 is 10.6 Å². The van der Waals surface area contributed by atoms with E-state index in [1.54, 1.807) is 0 Å². The first-order valence-electron chi connectivity index (χ1n) is 11.1. The summed E-state index contributed by atoms with van der Waals surface area (Å²) in [6.07, 6.45) is 8.27. The van der Waals surface area contributed by atoms with Gasteiger partial charge in [-0.25, -0.2) is 0 Å². The fraction of sp³-hybridized carbons (Fsp3) is 0.609. The van der Waals surface area contributed by atoms with Gasteiger partial charge in [-0.05, 0) is 74.2 Å². The molecule has 0 saturated heterocycles. The van der Waals surface area contributed by atoms with E-state index in [0.717, 1.165) is 33.8 Å². The Morgan fingerprint density at radius 3 is 2.47 bits per heavy atom. The molecule has 2 N–H and O–H groups in total. The number of anilines is 1. The van der Waals surface area contributed by atoms with Gasteiger partial charge in [-0.2, -0.15) is 0 Å². The van der Waals surface area contributed by atoms with Gasteiger partial charge in [0.25, 0.3) is 0 Å². The molecule has 0 spiro atoms. The third-order valence-corrected chi connectivity index (χ3v) is 9.42. The number of nitrogens with one attached hydrogen (secondary N) is 2. The zero-order valence-corrected chi connectivity index (χ0v) is 19.1. The number of benzene rings is 1. The molecule has 160 valence electrons. The van der Waals surface area contributed by atoms with Gasteiger partial charge in [-0.15, -0.1) is 10.2 Å². The molecule has 1 atom stereocenters. The van der Waals surface area contributed by atoms with Gasteiger partial charge in [0.15, 0.2) is 4.34 Å². The molecule has 1 heterocycles. The van der Waals surface area contributed by atoms with E-state index < -0.39 is 0 Å². The van der Waals surface area contributed by atoms with Crippen molar-refractivity contribution in [3.05, 3.63) is 35.9 Å². The minimum Gasteiger partial charge on any atom is -0.356 e. The predicted octanol–water partition coefficient (Wildman–Crippen LogP) is 4.96. The molecular weight excluding hydrogens is 412 g/mol. The van der Waals surface area contributed by atoms with Crippen molar-refractivity contribution in [2.75, 3.05) is 11.1 Å². The molecule has 5 nitrogen and oxygen atoms in total. The lowest BCUT2D eigenvalue weighted by atomic mass is 9.48. The second-order valence-electron chi connectivity index (χ2n) is 9.57. The van der Waals surface area contributed by atoms with Crippen LogP contribution in [0.5, 0.6) is 0 Å². The van der Waals surface area contributed by atoms with Crippen molar-refractivity contribution in [3.8, 4) is 0 Å². The topological polar surface area (TPSA) is 66.9 Å². The maximum Gasteiger partial charge on any atom is 0.230 e. The van der Waals surface area contributed by atoms with Crippen LogP contribution in [0.1, 0.15) is 51.0 Å². The summed E-state index contributed by atoms with van der Waals surface area (Å²) in [4.78, 5) is 12.6. The first-order chi connectivity index (χ1) is 14.6. The zero-order valence-electron chi connectivity index (χ0n) is 17.5. The van der Waals surface area contributed by atoms with Crippen LogP contribution in [-0.2, 0) is 11.3 Å². The van der Waals surface area contributed by atoms with Crippen LogP contribution in [0.4, 0.5) is 5.13 Å². The Labute approximate surface area is 186 Å². The Kier molecular flexibility index (Phi) is 5.75. The van der Waals surface area contributed by atoms with Crippen LogP contribution in [0.3, 0.4) is 0 Å². The molecule has 1 aromatic carbocycles. The number of aromatic nitrogens is 2. The van der Waals surface area contributed by atoms with Gasteiger partial charge in [-0.1, -0.05) is 53.4 Å². The molecule has 4 saturated carbocycles. The van der Waals surface area contributed by atoms with Crippen LogP contribution >= 0.6 is 23.1 Å². The summed E-state index contributed by atoms with van der Waals surface area (Å²) in [5.74, 6) is 3.26. The number of hydrogen-bond acceptors (Lipinski definition) is 6. The normalized spacial score (nSPS) is 30.2. The number of amides is 1. The number of nitrogens with zero attached hydrogens (tertiary/aromatic N) is 2. The van der Waals surface area contributed by atoms with Crippen LogP contribution in [0.15, 0.2) is 34.7 Å². The van der Waals surface area contributed by atoms with E-state index >= 15 is 0 Å². The van der Waals surface area contributed by atoms with Crippen molar-refractivity contribution in [1.29, 1.82) is 0 Å². The van der Waals surface area contributed by atoms with E-state index in [-0.39, 0.29) is 11.9 Å². The standard InChI is InChI=1S/C23H30N4OS2/c1-15(23-10-17-7-18(11-23)9-19(8-17)12-23)25-20(28)14-29-22-27-26-21(30-22)24-13-16-5-3-2-4-6-16/h2-6,15,17-19H,7-14H2,1H3,(H,24,26)(H,25,28). The largest absolute Gasteiger partial charge is 0.356 e. The lowest BCUT2D eigenvalue weighted by Gasteiger charge is -2.59. The van der Waals surface area contributed by atoms with Crippen molar-refractivity contribution in [2.45, 2.75) is 62.4 Å². The van der Waals surface area contributed by atoms with E-state index in [2.05, 4.69) is 39.9 Å². The predicted molar refractivity (Wildman–Crippen MR) is 123 cm³/mol. The number of thioether (sulfide) groups is 1. The van der Waals surface area contributed by atoms with Crippen molar-refractivity contribution >= 4 is 34.1 Å². The molecule has 0 aliphatic heterocycles. The molecule has 1 amide bonds. The van der Waals surface area contributed by atoms with Crippen LogP contribution in [0.25, 0.3) is 0 Å². The highest BCUT2D eigenvalue weighted by Gasteiger charge is 2.53. The lowest BCUT2D eigenvalue weighted by molar-refractivity contribution is -0.123. The summed E-state index contributed by atoms with van der Waals surface area (Å²) >= 11 is 2.99. The molecular formula is C23H30N4OS2. The molecule has 0 radical (unpaired) electrons. The molecule has 6 rings (SSSR count). The van der Waals surface area contributed by atoms with E-state index in [1.807, 2.05) is 18.2 Å². The Morgan fingerprint density at radius 1 is 1.13 bits per heavy atom. The zero-order chi connectivity index (χ0) is 20.6. The average Bonchev–Trinajstić information content (AvgIpc) is 3.18. The highest BCUT2D eigenvalue weighted by Crippen LogP contribution is 2.61. The second kappa shape index (κ2) is 8.50. The quantitative estimate of drug-likeness (QED) is 0.566. The molecule has 4 bridgehead atoms. The molecule has 1 unspecified atom stereocenters. The summed E-state index contributed by atoms with van der Waals surface area (Å²) < 4.78 is 0.836. The van der Waals surface area contributed by atoms with Crippen molar-refractivity contribution in [3.63, 3.8) is 0 Å². The first-order valence-corrected chi connectivity index (χ1v) is 12.9. The monoisotopic (exact) mass is 442 g/mol. The lowest BCUT2D eigenvalue weighted by Crippen LogP contribution is -2.56. The van der Waals surface area contributed by atoms with Crippen LogP contribution in [0, 0.1) is 23.2 Å². The number of hydrogen-bond donors (Lipinski definition) is 2. The van der Waals surface area contributed by atoms with Gasteiger partial charge in [0.1, 0.15) is 0 Å². The Morgan fingerprint density at radius 2 is 1.80 bits per heavy atom. The van der Waals surface area contributed by atoms with Gasteiger partial charge in [0.05, 0.1) is 5.75 Å². The van der Waals surface area contributed by atoms with Crippen molar-refractivity contribution < 1.29 is 4.79 Å². The molecule has 7 heteroatoms. The van der Waals surface area contributed by atoms with E-state index in [0.29, 0.717) is 11.2 Å². The fourth-order valence-electron chi connectivity index (χ4n) is 6.38. The Balaban J connectivity index is 1.10. The van der Waals surface area contributed by atoms with E-state index in [4.69, 9.17) is 0 Å². The van der Waals surface area contributed by atoms with E-state index in [9.17, 15) is 4.79 Å². The van der Waals surface area contributed by atoms with Crippen LogP contribution < -0.4 is 10.6 Å². The molecule has 4 aliphatic rings.